The Balaban J connectivity index is 1.75. The molecule has 0 aliphatic carbocycles. The molecule has 3 aromatic rings. The molecule has 0 aliphatic rings. The molecule has 3 rings (SSSR count). The van der Waals surface area contributed by atoms with Crippen molar-refractivity contribution < 1.29 is 17.9 Å². The Morgan fingerprint density at radius 1 is 1.23 bits per heavy atom. The zero-order valence-corrected chi connectivity index (χ0v) is 16.6. The summed E-state index contributed by atoms with van der Waals surface area (Å²) in [5.41, 5.74) is 0.453. The zero-order chi connectivity index (χ0) is 21.7. The van der Waals surface area contributed by atoms with Crippen LogP contribution in [0.2, 0.25) is 0 Å². The average molecular weight is 431 g/mol. The number of aromatic amines is 1. The van der Waals surface area contributed by atoms with Crippen molar-refractivity contribution >= 4 is 11.8 Å². The van der Waals surface area contributed by atoms with E-state index in [4.69, 9.17) is 4.74 Å². The second kappa shape index (κ2) is 9.05. The fraction of sp³-hybridized carbons (Fsp3) is 0.190. The molecule has 1 N–H and O–H groups in total. The Kier molecular flexibility index (Phi) is 6.47. The van der Waals surface area contributed by atoms with Crippen LogP contribution in [-0.2, 0) is 18.3 Å². The number of hydrogen-bond acceptors (Lipinski definition) is 5. The van der Waals surface area contributed by atoms with Crippen molar-refractivity contribution in [3.63, 3.8) is 0 Å². The Morgan fingerprint density at radius 3 is 2.70 bits per heavy atom. The summed E-state index contributed by atoms with van der Waals surface area (Å²) in [4.78, 5) is 18.7. The van der Waals surface area contributed by atoms with Crippen LogP contribution in [-0.4, -0.2) is 9.97 Å². The van der Waals surface area contributed by atoms with E-state index >= 15 is 0 Å². The summed E-state index contributed by atoms with van der Waals surface area (Å²) >= 11 is 1.30. The minimum Gasteiger partial charge on any atom is -0.456 e. The lowest BCUT2D eigenvalue weighted by Gasteiger charge is -2.11. The van der Waals surface area contributed by atoms with Crippen LogP contribution in [0.5, 0.6) is 11.5 Å². The first-order valence-electron chi connectivity index (χ1n) is 8.89. The van der Waals surface area contributed by atoms with Gasteiger partial charge in [-0.15, -0.1) is 0 Å². The van der Waals surface area contributed by atoms with Gasteiger partial charge in [0.2, 0.25) is 0 Å². The second-order valence-electron chi connectivity index (χ2n) is 6.25. The van der Waals surface area contributed by atoms with Gasteiger partial charge >= 0.3 is 6.18 Å². The van der Waals surface area contributed by atoms with E-state index in [-0.39, 0.29) is 22.6 Å². The molecule has 0 bridgehead atoms. The predicted octanol–water partition coefficient (Wildman–Crippen LogP) is 5.31. The number of benzene rings is 2. The Morgan fingerprint density at radius 2 is 2.03 bits per heavy atom. The van der Waals surface area contributed by atoms with Crippen LogP contribution >= 0.6 is 11.8 Å². The number of thioether (sulfide) groups is 1. The van der Waals surface area contributed by atoms with E-state index in [0.717, 1.165) is 17.7 Å². The highest BCUT2D eigenvalue weighted by Gasteiger charge is 2.30. The number of halogens is 3. The molecule has 9 heteroatoms. The van der Waals surface area contributed by atoms with Crippen LogP contribution in [0.25, 0.3) is 0 Å². The number of aromatic nitrogens is 2. The van der Waals surface area contributed by atoms with Crippen molar-refractivity contribution in [1.82, 2.24) is 9.97 Å². The first kappa shape index (κ1) is 21.5. The molecule has 0 amide bonds. The van der Waals surface area contributed by atoms with Gasteiger partial charge in [0.1, 0.15) is 17.6 Å². The van der Waals surface area contributed by atoms with Crippen LogP contribution in [0, 0.1) is 11.3 Å². The molecule has 0 saturated carbocycles. The van der Waals surface area contributed by atoms with E-state index in [2.05, 4.69) is 9.97 Å². The lowest BCUT2D eigenvalue weighted by atomic mass is 10.1. The summed E-state index contributed by atoms with van der Waals surface area (Å²) in [5, 5.41) is 9.87. The fourth-order valence-electron chi connectivity index (χ4n) is 2.59. The molecule has 1 aromatic heterocycles. The molecule has 30 heavy (non-hydrogen) atoms. The van der Waals surface area contributed by atoms with Gasteiger partial charge in [-0.25, -0.2) is 0 Å². The molecule has 5 nitrogen and oxygen atoms in total. The maximum atomic E-state index is 12.9. The number of hydrogen-bond donors (Lipinski definition) is 1. The van der Waals surface area contributed by atoms with Crippen LogP contribution in [0.4, 0.5) is 13.2 Å². The standard InChI is InChI=1S/C21H16F3N3O2S/c1-2-14-11-26-20(27-19(14)28)30-12-13-6-7-18(15(8-13)10-25)29-17-5-3-4-16(9-17)21(22,23)24/h3-9,11H,2,12H2,1H3,(H,26,27,28). The minimum atomic E-state index is -4.48. The first-order chi connectivity index (χ1) is 14.3. The smallest absolute Gasteiger partial charge is 0.416 e. The molecule has 0 unspecified atom stereocenters. The maximum absolute atomic E-state index is 12.9. The molecule has 0 radical (unpaired) electrons. The number of H-pyrrole nitrogens is 1. The van der Waals surface area contributed by atoms with Crippen LogP contribution in [0.15, 0.2) is 58.6 Å². The van der Waals surface area contributed by atoms with Gasteiger partial charge in [-0.3, -0.25) is 4.79 Å². The lowest BCUT2D eigenvalue weighted by molar-refractivity contribution is -0.137. The van der Waals surface area contributed by atoms with Crippen molar-refractivity contribution in [2.24, 2.45) is 0 Å². The van der Waals surface area contributed by atoms with E-state index in [0.29, 0.717) is 22.9 Å². The molecule has 1 heterocycles. The number of aryl methyl sites for hydroxylation is 1. The minimum absolute atomic E-state index is 0.0127. The highest BCUT2D eigenvalue weighted by atomic mass is 32.2. The monoisotopic (exact) mass is 431 g/mol. The van der Waals surface area contributed by atoms with Crippen molar-refractivity contribution in [3.05, 3.63) is 81.3 Å². The Hall–Kier alpha value is -3.25. The van der Waals surface area contributed by atoms with Crippen molar-refractivity contribution in [2.45, 2.75) is 30.4 Å². The predicted molar refractivity (Wildman–Crippen MR) is 106 cm³/mol. The number of rotatable bonds is 6. The van der Waals surface area contributed by atoms with Gasteiger partial charge in [0, 0.05) is 17.5 Å². The summed E-state index contributed by atoms with van der Waals surface area (Å²) in [7, 11) is 0. The SMILES string of the molecule is CCc1c[nH]c(SCc2ccc(Oc3cccc(C(F)(F)F)c3)c(C#N)c2)nc1=O. The van der Waals surface area contributed by atoms with Gasteiger partial charge in [-0.2, -0.15) is 23.4 Å². The number of nitrogens with one attached hydrogen (secondary N) is 1. The lowest BCUT2D eigenvalue weighted by Crippen LogP contribution is -2.13. The van der Waals surface area contributed by atoms with Gasteiger partial charge in [-0.1, -0.05) is 30.8 Å². The largest absolute Gasteiger partial charge is 0.456 e. The first-order valence-corrected chi connectivity index (χ1v) is 9.88. The third kappa shape index (κ3) is 5.21. The van der Waals surface area contributed by atoms with E-state index in [1.54, 1.807) is 18.3 Å². The van der Waals surface area contributed by atoms with Gasteiger partial charge in [-0.05, 0) is 42.3 Å². The number of nitrogens with zero attached hydrogens (tertiary/aromatic N) is 2. The fourth-order valence-corrected chi connectivity index (χ4v) is 3.36. The molecular weight excluding hydrogens is 415 g/mol. The van der Waals surface area contributed by atoms with E-state index in [1.807, 2.05) is 13.0 Å². The van der Waals surface area contributed by atoms with Gasteiger partial charge in [0.05, 0.1) is 11.1 Å². The summed E-state index contributed by atoms with van der Waals surface area (Å²) in [6, 6.07) is 11.3. The van der Waals surface area contributed by atoms with Crippen molar-refractivity contribution in [1.29, 1.82) is 5.26 Å². The Labute approximate surface area is 174 Å². The highest BCUT2D eigenvalue weighted by molar-refractivity contribution is 7.98. The highest BCUT2D eigenvalue weighted by Crippen LogP contribution is 2.34. The topological polar surface area (TPSA) is 78.8 Å². The van der Waals surface area contributed by atoms with Crippen molar-refractivity contribution in [2.75, 3.05) is 0 Å². The van der Waals surface area contributed by atoms with Gasteiger partial charge in [0.15, 0.2) is 5.16 Å². The molecule has 0 spiro atoms. The third-order valence-electron chi connectivity index (χ3n) is 4.16. The molecule has 2 aromatic carbocycles. The summed E-state index contributed by atoms with van der Waals surface area (Å²) < 4.78 is 44.1. The molecule has 154 valence electrons. The summed E-state index contributed by atoms with van der Waals surface area (Å²) in [5.74, 6) is 0.582. The van der Waals surface area contributed by atoms with E-state index < -0.39 is 11.7 Å². The molecule has 0 saturated heterocycles. The van der Waals surface area contributed by atoms with Crippen LogP contribution in [0.3, 0.4) is 0 Å². The quantitative estimate of drug-likeness (QED) is 0.423. The van der Waals surface area contributed by atoms with Crippen LogP contribution in [0.1, 0.15) is 29.2 Å². The summed E-state index contributed by atoms with van der Waals surface area (Å²) in [6.07, 6.45) is -2.26. The normalized spacial score (nSPS) is 11.2. The van der Waals surface area contributed by atoms with E-state index in [9.17, 15) is 23.2 Å². The zero-order valence-electron chi connectivity index (χ0n) is 15.8. The van der Waals surface area contributed by atoms with E-state index in [1.165, 1.54) is 30.0 Å². The second-order valence-corrected chi connectivity index (χ2v) is 7.21. The maximum Gasteiger partial charge on any atom is 0.416 e. The molecule has 0 aliphatic heterocycles. The Bertz CT molecular complexity index is 1150. The van der Waals surface area contributed by atoms with Crippen LogP contribution < -0.4 is 10.3 Å². The van der Waals surface area contributed by atoms with Crippen molar-refractivity contribution in [3.8, 4) is 17.6 Å². The number of ether oxygens (including phenoxy) is 1. The number of nitriles is 1. The van der Waals surface area contributed by atoms with Gasteiger partial charge in [0.25, 0.3) is 5.56 Å². The average Bonchev–Trinajstić information content (AvgIpc) is 2.72. The summed E-state index contributed by atoms with van der Waals surface area (Å²) in [6.45, 7) is 1.87. The van der Waals surface area contributed by atoms with Gasteiger partial charge < -0.3 is 9.72 Å². The molecule has 0 fully saturated rings. The third-order valence-corrected chi connectivity index (χ3v) is 5.12. The molecule has 0 atom stereocenters. The number of alkyl halides is 3. The molecular formula is C21H16F3N3O2S.